The van der Waals surface area contributed by atoms with Gasteiger partial charge in [-0.05, 0) is 19.1 Å². The molecule has 1 nitrogen and oxygen atoms in total. The monoisotopic (exact) mass is 176 g/mol. The first-order valence-electron chi connectivity index (χ1n) is 4.05. The molecule has 0 N–H and O–H groups in total. The Morgan fingerprint density at radius 3 is 2.75 bits per heavy atom. The van der Waals surface area contributed by atoms with Gasteiger partial charge in [-0.3, -0.25) is 0 Å². The van der Waals surface area contributed by atoms with Gasteiger partial charge in [-0.1, -0.05) is 29.7 Å². The maximum atomic E-state index is 5.22. The van der Waals surface area contributed by atoms with Gasteiger partial charge in [0.25, 0.3) is 0 Å². The molecule has 0 bridgehead atoms. The van der Waals surface area contributed by atoms with E-state index in [9.17, 15) is 0 Å². The van der Waals surface area contributed by atoms with E-state index in [4.69, 9.17) is 4.43 Å². The van der Waals surface area contributed by atoms with Crippen LogP contribution in [0.2, 0.25) is 0 Å². The minimum atomic E-state index is -0.594. The van der Waals surface area contributed by atoms with Gasteiger partial charge in [0, 0.05) is 12.2 Å². The molecule has 2 heteroatoms. The van der Waals surface area contributed by atoms with Crippen molar-refractivity contribution in [1.82, 2.24) is 0 Å². The molecule has 0 fully saturated rings. The lowest BCUT2D eigenvalue weighted by molar-refractivity contribution is 0.368. The number of hydrogen-bond acceptors (Lipinski definition) is 1. The first kappa shape index (κ1) is 9.05. The van der Waals surface area contributed by atoms with Crippen molar-refractivity contribution in [3.05, 3.63) is 35.9 Å². The van der Waals surface area contributed by atoms with Crippen LogP contribution >= 0.6 is 0 Å². The topological polar surface area (TPSA) is 9.23 Å². The second-order valence-corrected chi connectivity index (χ2v) is 3.36. The summed E-state index contributed by atoms with van der Waals surface area (Å²) in [6, 6.07) is 9.99. The Hall–Kier alpha value is -1.04. The van der Waals surface area contributed by atoms with Crippen LogP contribution in [-0.2, 0) is 4.43 Å². The van der Waals surface area contributed by atoms with E-state index in [1.807, 2.05) is 37.3 Å². The molecule has 0 aromatic heterocycles. The first-order chi connectivity index (χ1) is 5.93. The third-order valence-corrected chi connectivity index (χ3v) is 2.32. The SMILES string of the molecule is CCO[SiH2]C#Cc1ccccc1. The molecule has 0 aliphatic carbocycles. The second-order valence-electron chi connectivity index (χ2n) is 2.30. The molecular formula is C10H12OSi. The molecule has 0 aliphatic rings. The largest absolute Gasteiger partial charge is 0.411 e. The summed E-state index contributed by atoms with van der Waals surface area (Å²) >= 11 is 0. The van der Waals surface area contributed by atoms with Crippen LogP contribution in [0.4, 0.5) is 0 Å². The summed E-state index contributed by atoms with van der Waals surface area (Å²) in [5, 5.41) is 0. The Labute approximate surface area is 75.7 Å². The van der Waals surface area contributed by atoms with Crippen molar-refractivity contribution in [2.45, 2.75) is 6.92 Å². The van der Waals surface area contributed by atoms with Crippen LogP contribution in [0.25, 0.3) is 0 Å². The third kappa shape index (κ3) is 3.38. The molecule has 1 aromatic carbocycles. The van der Waals surface area contributed by atoms with E-state index in [0.717, 1.165) is 12.2 Å². The summed E-state index contributed by atoms with van der Waals surface area (Å²) < 4.78 is 5.22. The highest BCUT2D eigenvalue weighted by atomic mass is 28.2. The van der Waals surface area contributed by atoms with Gasteiger partial charge in [0.15, 0.2) is 0 Å². The van der Waals surface area contributed by atoms with E-state index in [-0.39, 0.29) is 0 Å². The minimum absolute atomic E-state index is 0.594. The van der Waals surface area contributed by atoms with Crippen molar-refractivity contribution >= 4 is 9.76 Å². The highest BCUT2D eigenvalue weighted by Crippen LogP contribution is 1.93. The molecule has 0 saturated heterocycles. The lowest BCUT2D eigenvalue weighted by Gasteiger charge is -1.89. The summed E-state index contributed by atoms with van der Waals surface area (Å²) in [5.74, 6) is 3.07. The Morgan fingerprint density at radius 1 is 1.33 bits per heavy atom. The molecule has 0 spiro atoms. The van der Waals surface area contributed by atoms with Crippen molar-refractivity contribution in [1.29, 1.82) is 0 Å². The molecule has 0 atom stereocenters. The molecule has 0 saturated carbocycles. The molecule has 0 unspecified atom stereocenters. The van der Waals surface area contributed by atoms with Gasteiger partial charge in [-0.25, -0.2) is 0 Å². The van der Waals surface area contributed by atoms with Crippen LogP contribution in [0, 0.1) is 11.5 Å². The molecular weight excluding hydrogens is 164 g/mol. The van der Waals surface area contributed by atoms with E-state index < -0.39 is 9.76 Å². The van der Waals surface area contributed by atoms with Gasteiger partial charge in [0.2, 0.25) is 9.76 Å². The first-order valence-corrected chi connectivity index (χ1v) is 5.33. The van der Waals surface area contributed by atoms with Crippen molar-refractivity contribution in [3.8, 4) is 11.5 Å². The van der Waals surface area contributed by atoms with Crippen LogP contribution in [0.1, 0.15) is 12.5 Å². The average Bonchev–Trinajstić information content (AvgIpc) is 2.14. The molecule has 12 heavy (non-hydrogen) atoms. The van der Waals surface area contributed by atoms with Gasteiger partial charge in [0.05, 0.1) is 0 Å². The number of hydrogen-bond donors (Lipinski definition) is 0. The van der Waals surface area contributed by atoms with Crippen LogP contribution in [0.5, 0.6) is 0 Å². The fraction of sp³-hybridized carbons (Fsp3) is 0.200. The Morgan fingerprint density at radius 2 is 2.08 bits per heavy atom. The van der Waals surface area contributed by atoms with Gasteiger partial charge in [-0.2, -0.15) is 0 Å². The number of rotatable bonds is 2. The molecule has 1 aromatic rings. The highest BCUT2D eigenvalue weighted by Gasteiger charge is 1.81. The van der Waals surface area contributed by atoms with E-state index in [2.05, 4.69) is 11.5 Å². The fourth-order valence-corrected chi connectivity index (χ4v) is 1.40. The third-order valence-electron chi connectivity index (χ3n) is 1.38. The van der Waals surface area contributed by atoms with Crippen molar-refractivity contribution < 1.29 is 4.43 Å². The van der Waals surface area contributed by atoms with Crippen LogP contribution in [0.15, 0.2) is 30.3 Å². The van der Waals surface area contributed by atoms with Crippen molar-refractivity contribution in [2.75, 3.05) is 6.61 Å². The molecule has 1 rings (SSSR count). The predicted molar refractivity (Wildman–Crippen MR) is 53.5 cm³/mol. The summed E-state index contributed by atoms with van der Waals surface area (Å²) in [6.07, 6.45) is 0. The molecule has 0 amide bonds. The molecule has 0 aliphatic heterocycles. The Bertz CT molecular complexity index is 271. The zero-order chi connectivity index (χ0) is 8.65. The summed E-state index contributed by atoms with van der Waals surface area (Å²) in [6.45, 7) is 2.78. The summed E-state index contributed by atoms with van der Waals surface area (Å²) in [4.78, 5) is 0. The Balaban J connectivity index is 2.44. The quantitative estimate of drug-likeness (QED) is 0.373. The van der Waals surface area contributed by atoms with E-state index >= 15 is 0 Å². The lowest BCUT2D eigenvalue weighted by atomic mass is 10.2. The minimum Gasteiger partial charge on any atom is -0.411 e. The van der Waals surface area contributed by atoms with Crippen molar-refractivity contribution in [2.24, 2.45) is 0 Å². The standard InChI is InChI=1S/C10H12OSi/c1-2-11-12-9-8-10-6-4-3-5-7-10/h3-7H,2,12H2,1H3. The fourth-order valence-electron chi connectivity index (χ4n) is 0.813. The Kier molecular flexibility index (Phi) is 4.21. The highest BCUT2D eigenvalue weighted by molar-refractivity contribution is 6.38. The van der Waals surface area contributed by atoms with E-state index in [0.29, 0.717) is 0 Å². The van der Waals surface area contributed by atoms with Gasteiger partial charge in [0.1, 0.15) is 0 Å². The van der Waals surface area contributed by atoms with Crippen molar-refractivity contribution in [3.63, 3.8) is 0 Å². The average molecular weight is 176 g/mol. The number of benzene rings is 1. The van der Waals surface area contributed by atoms with E-state index in [1.165, 1.54) is 0 Å². The smallest absolute Gasteiger partial charge is 0.241 e. The normalized spacial score (nSPS) is 9.75. The summed E-state index contributed by atoms with van der Waals surface area (Å²) in [7, 11) is -0.594. The maximum absolute atomic E-state index is 5.22. The predicted octanol–water partition coefficient (Wildman–Crippen LogP) is 1.12. The maximum Gasteiger partial charge on any atom is 0.241 e. The van der Waals surface area contributed by atoms with Gasteiger partial charge < -0.3 is 4.43 Å². The molecule has 0 heterocycles. The zero-order valence-electron chi connectivity index (χ0n) is 7.21. The zero-order valence-corrected chi connectivity index (χ0v) is 8.62. The van der Waals surface area contributed by atoms with Gasteiger partial charge in [-0.15, -0.1) is 0 Å². The van der Waals surface area contributed by atoms with Crippen LogP contribution in [-0.4, -0.2) is 16.4 Å². The van der Waals surface area contributed by atoms with Crippen LogP contribution < -0.4 is 0 Å². The van der Waals surface area contributed by atoms with Crippen LogP contribution in [0.3, 0.4) is 0 Å². The molecule has 62 valence electrons. The van der Waals surface area contributed by atoms with Gasteiger partial charge >= 0.3 is 0 Å². The lowest BCUT2D eigenvalue weighted by Crippen LogP contribution is -1.93. The molecule has 0 radical (unpaired) electrons. The summed E-state index contributed by atoms with van der Waals surface area (Å²) in [5.41, 5.74) is 4.14. The van der Waals surface area contributed by atoms with E-state index in [1.54, 1.807) is 0 Å². The second kappa shape index (κ2) is 5.59.